The van der Waals surface area contributed by atoms with Crippen molar-refractivity contribution in [2.24, 2.45) is 0 Å². The number of hydrogen-bond donors (Lipinski definition) is 2. The lowest BCUT2D eigenvalue weighted by Crippen LogP contribution is -2.40. The van der Waals surface area contributed by atoms with Gasteiger partial charge in [0.25, 0.3) is 5.91 Å². The smallest absolute Gasteiger partial charge is 0.286 e. The van der Waals surface area contributed by atoms with Gasteiger partial charge in [0.1, 0.15) is 5.75 Å². The van der Waals surface area contributed by atoms with Crippen molar-refractivity contribution >= 4 is 15.9 Å². The number of rotatable bonds is 12. The van der Waals surface area contributed by atoms with E-state index in [1.807, 2.05) is 6.08 Å². The van der Waals surface area contributed by atoms with Crippen molar-refractivity contribution < 1.29 is 32.5 Å². The first-order valence-corrected chi connectivity index (χ1v) is 17.6. The van der Waals surface area contributed by atoms with Crippen LogP contribution in [-0.2, 0) is 30.7 Å². The molecule has 0 spiro atoms. The highest BCUT2D eigenvalue weighted by molar-refractivity contribution is 7.89. The largest absolute Gasteiger partial charge is 0.497 e. The van der Waals surface area contributed by atoms with Crippen LogP contribution in [0, 0.1) is 0 Å². The molecule has 3 aromatic rings. The number of nitrogens with zero attached hydrogens (tertiary/aromatic N) is 1. The molecule has 0 aromatic heterocycles. The molecule has 46 heavy (non-hydrogen) atoms. The first-order valence-electron chi connectivity index (χ1n) is 16.1. The number of aliphatic hydroxyl groups excluding tert-OH is 1. The Hall–Kier alpha value is -3.70. The molecule has 2 aliphatic carbocycles. The maximum Gasteiger partial charge on any atom is 0.286 e. The molecule has 1 aliphatic heterocycles. The van der Waals surface area contributed by atoms with Crippen LogP contribution >= 0.6 is 0 Å². The molecule has 0 bridgehead atoms. The zero-order valence-electron chi connectivity index (χ0n) is 26.2. The lowest BCUT2D eigenvalue weighted by Gasteiger charge is -2.31. The lowest BCUT2D eigenvalue weighted by atomic mass is 9.90. The quantitative estimate of drug-likeness (QED) is 0.219. The fraction of sp³-hybridized carbons (Fsp3) is 0.417. The fourth-order valence-corrected chi connectivity index (χ4v) is 8.11. The van der Waals surface area contributed by atoms with E-state index in [1.54, 1.807) is 12.1 Å². The van der Waals surface area contributed by atoms with Crippen LogP contribution in [-0.4, -0.2) is 69.5 Å². The van der Waals surface area contributed by atoms with Crippen molar-refractivity contribution in [2.45, 2.75) is 68.1 Å². The molecule has 6 rings (SSSR count). The van der Waals surface area contributed by atoms with Gasteiger partial charge in [-0.15, -0.1) is 0 Å². The summed E-state index contributed by atoms with van der Waals surface area (Å²) in [4.78, 5) is 13.5. The van der Waals surface area contributed by atoms with Crippen molar-refractivity contribution in [1.29, 1.82) is 0 Å². The van der Waals surface area contributed by atoms with Crippen molar-refractivity contribution in [3.05, 3.63) is 95.3 Å². The number of sulfonamides is 1. The third-order valence-electron chi connectivity index (χ3n) is 9.16. The van der Waals surface area contributed by atoms with Gasteiger partial charge < -0.3 is 24.6 Å². The van der Waals surface area contributed by atoms with Crippen LogP contribution in [0.1, 0.15) is 61.1 Å². The van der Waals surface area contributed by atoms with Gasteiger partial charge in [0.05, 0.1) is 25.2 Å². The first kappa shape index (κ1) is 32.2. The number of hydrogen-bond acceptors (Lipinski definition) is 7. The van der Waals surface area contributed by atoms with Gasteiger partial charge in [-0.2, -0.15) is 4.31 Å². The summed E-state index contributed by atoms with van der Waals surface area (Å²) in [6, 6.07) is 21.2. The van der Waals surface area contributed by atoms with Gasteiger partial charge in [-0.1, -0.05) is 61.7 Å². The number of allylic oxidation sites excluding steroid dienone is 1. The molecule has 0 saturated heterocycles. The standard InChI is InChI=1S/C36H42N2O7S/c1-43-30-12-14-31(15-13-30)46(41,42)38(17-19-39)18-20-44-35-24-27(23-34(45-35)36(40)37-29-8-3-2-4-9-29)25-11-16-33-28(21-25)22-26-7-5-6-10-32(26)33/h5-7,10-16,21,23,27,29,35,39H,2-4,8-9,17-20,22,24H2,1H3,(H,37,40)/t27-,35+/m1/s1. The Morgan fingerprint density at radius 3 is 2.50 bits per heavy atom. The Morgan fingerprint density at radius 2 is 1.74 bits per heavy atom. The first-order chi connectivity index (χ1) is 22.4. The van der Waals surface area contributed by atoms with Crippen LogP contribution in [0.5, 0.6) is 5.75 Å². The van der Waals surface area contributed by atoms with Crippen LogP contribution in [0.15, 0.2) is 83.5 Å². The maximum absolute atomic E-state index is 13.4. The number of nitrogens with one attached hydrogen (secondary N) is 1. The van der Waals surface area contributed by atoms with Crippen LogP contribution < -0.4 is 10.1 Å². The summed E-state index contributed by atoms with van der Waals surface area (Å²) in [5.74, 6) is 0.400. The van der Waals surface area contributed by atoms with Gasteiger partial charge in [0, 0.05) is 31.5 Å². The average molecular weight is 647 g/mol. The van der Waals surface area contributed by atoms with E-state index in [9.17, 15) is 18.3 Å². The minimum atomic E-state index is -3.89. The molecule has 244 valence electrons. The summed E-state index contributed by atoms with van der Waals surface area (Å²) in [5.41, 5.74) is 6.14. The molecule has 3 aromatic carbocycles. The van der Waals surface area contributed by atoms with Crippen LogP contribution in [0.2, 0.25) is 0 Å². The summed E-state index contributed by atoms with van der Waals surface area (Å²) in [7, 11) is -2.38. The maximum atomic E-state index is 13.4. The molecule has 3 aliphatic rings. The second kappa shape index (κ2) is 14.4. The highest BCUT2D eigenvalue weighted by Gasteiger charge is 2.32. The number of benzene rings is 3. The van der Waals surface area contributed by atoms with Crippen LogP contribution in [0.4, 0.5) is 0 Å². The van der Waals surface area contributed by atoms with E-state index in [2.05, 4.69) is 47.8 Å². The monoisotopic (exact) mass is 646 g/mol. The highest BCUT2D eigenvalue weighted by Crippen LogP contribution is 2.40. The van der Waals surface area contributed by atoms with E-state index in [0.29, 0.717) is 12.2 Å². The van der Waals surface area contributed by atoms with Crippen LogP contribution in [0.25, 0.3) is 11.1 Å². The van der Waals surface area contributed by atoms with Gasteiger partial charge in [-0.3, -0.25) is 4.79 Å². The van der Waals surface area contributed by atoms with Crippen molar-refractivity contribution in [2.75, 3.05) is 33.4 Å². The van der Waals surface area contributed by atoms with Gasteiger partial charge >= 0.3 is 0 Å². The van der Waals surface area contributed by atoms with Gasteiger partial charge in [0.15, 0.2) is 5.76 Å². The minimum Gasteiger partial charge on any atom is -0.497 e. The van der Waals surface area contributed by atoms with Gasteiger partial charge in [-0.25, -0.2) is 8.42 Å². The Kier molecular flexibility index (Phi) is 10.1. The average Bonchev–Trinajstić information content (AvgIpc) is 3.46. The second-order valence-corrected chi connectivity index (χ2v) is 14.1. The molecule has 2 N–H and O–H groups in total. The molecule has 1 fully saturated rings. The topological polar surface area (TPSA) is 114 Å². The molecule has 1 amide bonds. The van der Waals surface area contributed by atoms with E-state index >= 15 is 0 Å². The summed E-state index contributed by atoms with van der Waals surface area (Å²) in [6.07, 6.45) is 7.77. The Balaban J connectivity index is 1.18. The third-order valence-corrected chi connectivity index (χ3v) is 11.1. The van der Waals surface area contributed by atoms with Gasteiger partial charge in [0.2, 0.25) is 16.3 Å². The molecule has 0 radical (unpaired) electrons. The molecule has 1 saturated carbocycles. The molecule has 1 heterocycles. The Labute approximate surface area is 271 Å². The van der Waals surface area contributed by atoms with E-state index in [1.165, 1.54) is 52.2 Å². The summed E-state index contributed by atoms with van der Waals surface area (Å²) in [5, 5.41) is 12.8. The predicted molar refractivity (Wildman–Crippen MR) is 175 cm³/mol. The zero-order valence-corrected chi connectivity index (χ0v) is 27.0. The number of carbonyl (C=O) groups is 1. The van der Waals surface area contributed by atoms with E-state index in [4.69, 9.17) is 14.2 Å². The van der Waals surface area contributed by atoms with E-state index in [-0.39, 0.29) is 54.8 Å². The lowest BCUT2D eigenvalue weighted by molar-refractivity contribution is -0.147. The molecule has 0 unspecified atom stereocenters. The predicted octanol–water partition coefficient (Wildman–Crippen LogP) is 5.13. The molecule has 9 nitrogen and oxygen atoms in total. The summed E-state index contributed by atoms with van der Waals surface area (Å²) < 4.78 is 45.3. The second-order valence-electron chi connectivity index (χ2n) is 12.2. The summed E-state index contributed by atoms with van der Waals surface area (Å²) in [6.45, 7) is -0.403. The Bertz CT molecular complexity index is 1670. The SMILES string of the molecule is COc1ccc(S(=O)(=O)N(CCO)CCO[C@@H]2C[C@H](c3ccc4c(c3)Cc3ccccc3-4)C=C(C(=O)NC3CCCCC3)O2)cc1. The number of ether oxygens (including phenoxy) is 3. The molecule has 2 atom stereocenters. The molecular formula is C36H42N2O7S. The molecular weight excluding hydrogens is 604 g/mol. The fourth-order valence-electron chi connectivity index (χ4n) is 6.70. The Morgan fingerprint density at radius 1 is 0.978 bits per heavy atom. The zero-order chi connectivity index (χ0) is 32.1. The van der Waals surface area contributed by atoms with Crippen LogP contribution in [0.3, 0.4) is 0 Å². The van der Waals surface area contributed by atoms with Crippen molar-refractivity contribution in [3.63, 3.8) is 0 Å². The van der Waals surface area contributed by atoms with Crippen molar-refractivity contribution in [3.8, 4) is 16.9 Å². The number of aliphatic hydroxyl groups is 1. The van der Waals surface area contributed by atoms with Gasteiger partial charge in [-0.05, 0) is 77.4 Å². The number of amides is 1. The third kappa shape index (κ3) is 7.15. The highest BCUT2D eigenvalue weighted by atomic mass is 32.2. The normalized spacial score (nSPS) is 19.6. The molecule has 10 heteroatoms. The van der Waals surface area contributed by atoms with Crippen molar-refractivity contribution in [1.82, 2.24) is 9.62 Å². The number of carbonyl (C=O) groups excluding carboxylic acids is 1. The number of fused-ring (bicyclic) bond motifs is 3. The minimum absolute atomic E-state index is 0.00384. The summed E-state index contributed by atoms with van der Waals surface area (Å²) >= 11 is 0. The number of methoxy groups -OCH3 is 1. The van der Waals surface area contributed by atoms with E-state index in [0.717, 1.165) is 37.7 Å². The van der Waals surface area contributed by atoms with E-state index < -0.39 is 16.3 Å².